The predicted molar refractivity (Wildman–Crippen MR) is 115 cm³/mol. The number of ether oxygens (including phenoxy) is 2. The van der Waals surface area contributed by atoms with Gasteiger partial charge in [0, 0.05) is 11.6 Å². The largest absolute Gasteiger partial charge is 0.493 e. The maximum Gasteiger partial charge on any atom is 0.227 e. The molecule has 0 saturated heterocycles. The molecule has 5 rings (SSSR count). The Labute approximate surface area is 174 Å². The number of benzene rings is 3. The van der Waals surface area contributed by atoms with E-state index in [1.54, 1.807) is 6.92 Å². The molecule has 1 aromatic heterocycles. The number of fused-ring (bicyclic) bond motifs is 1. The average molecular weight is 401 g/mol. The summed E-state index contributed by atoms with van der Waals surface area (Å²) in [6.07, 6.45) is 1.99. The summed E-state index contributed by atoms with van der Waals surface area (Å²) in [7, 11) is 0. The van der Waals surface area contributed by atoms with Gasteiger partial charge in [-0.05, 0) is 79.8 Å². The summed E-state index contributed by atoms with van der Waals surface area (Å²) >= 11 is 0. The lowest BCUT2D eigenvalue weighted by Crippen LogP contribution is -1.98. The van der Waals surface area contributed by atoms with E-state index in [0.717, 1.165) is 40.5 Å². The van der Waals surface area contributed by atoms with Crippen molar-refractivity contribution >= 4 is 11.1 Å². The van der Waals surface area contributed by atoms with Crippen LogP contribution in [0.2, 0.25) is 0 Å². The van der Waals surface area contributed by atoms with E-state index in [1.807, 2.05) is 66.7 Å². The Kier molecular flexibility index (Phi) is 4.89. The predicted octanol–water partition coefficient (Wildman–Crippen LogP) is 6.13. The van der Waals surface area contributed by atoms with Crippen molar-refractivity contribution < 1.29 is 19.0 Å². The average Bonchev–Trinajstić information content (AvgIpc) is 3.49. The molecule has 1 fully saturated rings. The monoisotopic (exact) mass is 401 g/mol. The zero-order valence-electron chi connectivity index (χ0n) is 16.7. The number of rotatable bonds is 7. The Balaban J connectivity index is 1.30. The van der Waals surface area contributed by atoms with Crippen LogP contribution in [-0.4, -0.2) is 16.7 Å². The molecule has 0 radical (unpaired) electrons. The Morgan fingerprint density at radius 2 is 1.80 bits per heavy atom. The Hall–Kier alpha value is -3.31. The molecule has 1 atom stereocenters. The van der Waals surface area contributed by atoms with Crippen molar-refractivity contribution in [2.75, 3.05) is 6.61 Å². The molecule has 3 aromatic carbocycles. The second kappa shape index (κ2) is 7.84. The Morgan fingerprint density at radius 1 is 1.00 bits per heavy atom. The van der Waals surface area contributed by atoms with Crippen molar-refractivity contribution in [3.8, 4) is 28.7 Å². The standard InChI is InChI=1S/C25H23NO4/c1-16(27)19-9-12-23-24(13-19)30-25(26-23)18-7-10-20(11-8-18)29-22-4-2-3-21(14-22)28-15-17-5-6-17/h2-4,7-14,16-17,27H,5-6,15H2,1H3/t16-/m0/s1. The van der Waals surface area contributed by atoms with Crippen molar-refractivity contribution in [3.05, 3.63) is 72.3 Å². The zero-order valence-corrected chi connectivity index (χ0v) is 16.7. The molecule has 0 aliphatic heterocycles. The van der Waals surface area contributed by atoms with Gasteiger partial charge in [0.05, 0.1) is 12.7 Å². The number of hydrogen-bond acceptors (Lipinski definition) is 5. The van der Waals surface area contributed by atoms with Crippen molar-refractivity contribution in [3.63, 3.8) is 0 Å². The second-order valence-corrected chi connectivity index (χ2v) is 7.78. The summed E-state index contributed by atoms with van der Waals surface area (Å²) in [5, 5.41) is 9.75. The van der Waals surface area contributed by atoms with Crippen molar-refractivity contribution in [2.45, 2.75) is 25.9 Å². The molecule has 0 amide bonds. The van der Waals surface area contributed by atoms with Crippen LogP contribution in [-0.2, 0) is 0 Å². The molecular weight excluding hydrogens is 378 g/mol. The molecule has 5 heteroatoms. The zero-order chi connectivity index (χ0) is 20.5. The molecular formula is C25H23NO4. The Morgan fingerprint density at radius 3 is 2.57 bits per heavy atom. The van der Waals surface area contributed by atoms with Gasteiger partial charge in [-0.2, -0.15) is 0 Å². The fraction of sp³-hybridized carbons (Fsp3) is 0.240. The van der Waals surface area contributed by atoms with Crippen molar-refractivity contribution in [2.24, 2.45) is 5.92 Å². The van der Waals surface area contributed by atoms with Gasteiger partial charge in [0.2, 0.25) is 5.89 Å². The highest BCUT2D eigenvalue weighted by Crippen LogP contribution is 2.32. The van der Waals surface area contributed by atoms with Crippen LogP contribution in [0.25, 0.3) is 22.6 Å². The van der Waals surface area contributed by atoms with E-state index < -0.39 is 6.10 Å². The summed E-state index contributed by atoms with van der Waals surface area (Å²) in [5.41, 5.74) is 3.08. The highest BCUT2D eigenvalue weighted by molar-refractivity contribution is 5.77. The van der Waals surface area contributed by atoms with E-state index in [2.05, 4.69) is 4.98 Å². The molecule has 0 unspecified atom stereocenters. The lowest BCUT2D eigenvalue weighted by molar-refractivity contribution is 0.199. The van der Waals surface area contributed by atoms with Gasteiger partial charge in [0.15, 0.2) is 5.58 Å². The van der Waals surface area contributed by atoms with Gasteiger partial charge in [-0.25, -0.2) is 4.98 Å². The highest BCUT2D eigenvalue weighted by atomic mass is 16.5. The van der Waals surface area contributed by atoms with Crippen LogP contribution in [0.5, 0.6) is 17.2 Å². The SMILES string of the molecule is C[C@H](O)c1ccc2nc(-c3ccc(Oc4cccc(OCC5CC5)c4)cc3)oc2c1. The molecule has 1 heterocycles. The van der Waals surface area contributed by atoms with Crippen molar-refractivity contribution in [1.29, 1.82) is 0 Å². The first kappa shape index (κ1) is 18.7. The van der Waals surface area contributed by atoms with Gasteiger partial charge < -0.3 is 19.0 Å². The number of aliphatic hydroxyl groups is 1. The maximum atomic E-state index is 9.75. The summed E-state index contributed by atoms with van der Waals surface area (Å²) in [5.74, 6) is 3.55. The van der Waals surface area contributed by atoms with Gasteiger partial charge >= 0.3 is 0 Å². The molecule has 0 bridgehead atoms. The smallest absolute Gasteiger partial charge is 0.227 e. The van der Waals surface area contributed by atoms with Crippen LogP contribution in [0.15, 0.2) is 71.1 Å². The molecule has 1 aliphatic carbocycles. The molecule has 1 aliphatic rings. The summed E-state index contributed by atoms with van der Waals surface area (Å²) in [6, 6.07) is 20.9. The van der Waals surface area contributed by atoms with Gasteiger partial charge in [-0.1, -0.05) is 12.1 Å². The topological polar surface area (TPSA) is 64.7 Å². The molecule has 1 saturated carbocycles. The first-order valence-corrected chi connectivity index (χ1v) is 10.2. The highest BCUT2D eigenvalue weighted by Gasteiger charge is 2.21. The molecule has 30 heavy (non-hydrogen) atoms. The lowest BCUT2D eigenvalue weighted by Gasteiger charge is -2.09. The minimum atomic E-state index is -0.544. The third kappa shape index (κ3) is 4.16. The first-order chi connectivity index (χ1) is 14.6. The molecule has 1 N–H and O–H groups in total. The maximum absolute atomic E-state index is 9.75. The Bertz CT molecular complexity index is 1160. The van der Waals surface area contributed by atoms with E-state index in [-0.39, 0.29) is 0 Å². The van der Waals surface area contributed by atoms with Gasteiger partial charge in [-0.3, -0.25) is 0 Å². The fourth-order valence-electron chi connectivity index (χ4n) is 3.25. The second-order valence-electron chi connectivity index (χ2n) is 7.78. The van der Waals surface area contributed by atoms with Crippen molar-refractivity contribution in [1.82, 2.24) is 4.98 Å². The molecule has 4 aromatic rings. The van der Waals surface area contributed by atoms with Crippen LogP contribution in [0.4, 0.5) is 0 Å². The summed E-state index contributed by atoms with van der Waals surface area (Å²) in [6.45, 7) is 2.51. The summed E-state index contributed by atoms with van der Waals surface area (Å²) in [4.78, 5) is 4.54. The van der Waals surface area contributed by atoms with E-state index >= 15 is 0 Å². The van der Waals surface area contributed by atoms with Crippen LogP contribution in [0.3, 0.4) is 0 Å². The number of aliphatic hydroxyl groups excluding tert-OH is 1. The van der Waals surface area contributed by atoms with Crippen LogP contribution >= 0.6 is 0 Å². The van der Waals surface area contributed by atoms with Crippen LogP contribution < -0.4 is 9.47 Å². The van der Waals surface area contributed by atoms with Gasteiger partial charge in [-0.15, -0.1) is 0 Å². The number of aromatic nitrogens is 1. The quantitative estimate of drug-likeness (QED) is 0.404. The van der Waals surface area contributed by atoms with E-state index in [9.17, 15) is 5.11 Å². The molecule has 5 nitrogen and oxygen atoms in total. The number of hydrogen-bond donors (Lipinski definition) is 1. The molecule has 0 spiro atoms. The van der Waals surface area contributed by atoms with E-state index in [4.69, 9.17) is 13.9 Å². The minimum Gasteiger partial charge on any atom is -0.493 e. The third-order valence-electron chi connectivity index (χ3n) is 5.22. The van der Waals surface area contributed by atoms with Gasteiger partial charge in [0.1, 0.15) is 22.8 Å². The number of nitrogens with zero attached hydrogens (tertiary/aromatic N) is 1. The minimum absolute atomic E-state index is 0.537. The molecule has 152 valence electrons. The van der Waals surface area contributed by atoms with Gasteiger partial charge in [0.25, 0.3) is 0 Å². The normalized spacial score (nSPS) is 14.6. The van der Waals surface area contributed by atoms with Crippen LogP contribution in [0.1, 0.15) is 31.4 Å². The first-order valence-electron chi connectivity index (χ1n) is 10.2. The number of oxazole rings is 1. The van der Waals surface area contributed by atoms with Crippen LogP contribution in [0, 0.1) is 5.92 Å². The fourth-order valence-corrected chi connectivity index (χ4v) is 3.25. The van der Waals surface area contributed by atoms with E-state index in [1.165, 1.54) is 12.8 Å². The van der Waals surface area contributed by atoms with E-state index in [0.29, 0.717) is 17.4 Å². The lowest BCUT2D eigenvalue weighted by atomic mass is 10.1. The third-order valence-corrected chi connectivity index (χ3v) is 5.22. The summed E-state index contributed by atoms with van der Waals surface area (Å²) < 4.78 is 17.7.